The van der Waals surface area contributed by atoms with E-state index in [2.05, 4.69) is 76.9 Å². The molecule has 0 spiro atoms. The smallest absolute Gasteiger partial charge is 0.0248 e. The minimum absolute atomic E-state index is 0.654. The summed E-state index contributed by atoms with van der Waals surface area (Å²) in [5, 5.41) is 4.19. The lowest BCUT2D eigenvalue weighted by Crippen LogP contribution is -2.44. The molecule has 1 aromatic carbocycles. The second-order valence-electron chi connectivity index (χ2n) is 5.89. The fourth-order valence-electron chi connectivity index (χ4n) is 2.68. The molecule has 0 aliphatic carbocycles. The molecule has 1 heterocycles. The third kappa shape index (κ3) is 4.98. The summed E-state index contributed by atoms with van der Waals surface area (Å²) in [5.74, 6) is 1.25. The number of benzene rings is 1. The third-order valence-electron chi connectivity index (χ3n) is 4.26. The molecule has 0 bridgehead atoms. The fourth-order valence-corrected chi connectivity index (χ4v) is 4.39. The van der Waals surface area contributed by atoms with E-state index < -0.39 is 0 Å². The molecular weight excluding hydrogens is 344 g/mol. The van der Waals surface area contributed by atoms with Crippen molar-refractivity contribution in [2.75, 3.05) is 18.8 Å². The van der Waals surface area contributed by atoms with E-state index in [1.54, 1.807) is 0 Å². The summed E-state index contributed by atoms with van der Waals surface area (Å²) in [6.07, 6.45) is 1.18. The summed E-state index contributed by atoms with van der Waals surface area (Å²) in [4.78, 5) is 2.61. The van der Waals surface area contributed by atoms with Crippen LogP contribution in [-0.4, -0.2) is 35.0 Å². The number of nitrogens with one attached hydrogen (secondary N) is 1. The maximum absolute atomic E-state index is 3.76. The van der Waals surface area contributed by atoms with E-state index in [0.717, 1.165) is 24.9 Å². The number of hydrogen-bond acceptors (Lipinski definition) is 3. The highest BCUT2D eigenvalue weighted by Gasteiger charge is 2.25. The van der Waals surface area contributed by atoms with Crippen LogP contribution < -0.4 is 5.32 Å². The number of hydrogen-bond donors (Lipinski definition) is 1. The molecule has 1 aliphatic rings. The van der Waals surface area contributed by atoms with Gasteiger partial charge in [-0.3, -0.25) is 4.90 Å². The molecule has 0 saturated carbocycles. The molecule has 2 atom stereocenters. The highest BCUT2D eigenvalue weighted by Crippen LogP contribution is 2.27. The Morgan fingerprint density at radius 2 is 2.19 bits per heavy atom. The molecule has 1 N–H and O–H groups in total. The molecule has 0 amide bonds. The van der Waals surface area contributed by atoms with Crippen LogP contribution in [0.1, 0.15) is 38.3 Å². The molecule has 1 fully saturated rings. The minimum atomic E-state index is 0.654. The average molecular weight is 371 g/mol. The normalized spacial score (nSPS) is 23.4. The Balaban J connectivity index is 1.97. The minimum Gasteiger partial charge on any atom is -0.313 e. The largest absolute Gasteiger partial charge is 0.313 e. The molecule has 21 heavy (non-hydrogen) atoms. The number of nitrogens with zero attached hydrogens (tertiary/aromatic N) is 1. The summed E-state index contributed by atoms with van der Waals surface area (Å²) in [6.45, 7) is 11.2. The van der Waals surface area contributed by atoms with Crippen LogP contribution in [0.2, 0.25) is 0 Å². The predicted molar refractivity (Wildman–Crippen MR) is 97.9 cm³/mol. The van der Waals surface area contributed by atoms with Gasteiger partial charge >= 0.3 is 0 Å². The molecule has 1 saturated heterocycles. The number of rotatable bonds is 6. The maximum Gasteiger partial charge on any atom is 0.0248 e. The number of halogens is 1. The van der Waals surface area contributed by atoms with Gasteiger partial charge in [-0.25, -0.2) is 0 Å². The van der Waals surface area contributed by atoms with Crippen molar-refractivity contribution in [2.45, 2.75) is 51.6 Å². The fraction of sp³-hybridized carbons (Fsp3) is 0.647. The van der Waals surface area contributed by atoms with Gasteiger partial charge in [0.15, 0.2) is 0 Å². The van der Waals surface area contributed by atoms with Crippen molar-refractivity contribution in [3.63, 3.8) is 0 Å². The van der Waals surface area contributed by atoms with Crippen LogP contribution >= 0.6 is 27.7 Å². The van der Waals surface area contributed by atoms with Crippen LogP contribution in [0.5, 0.6) is 0 Å². The molecule has 4 heteroatoms. The van der Waals surface area contributed by atoms with Gasteiger partial charge in [0, 0.05) is 41.2 Å². The van der Waals surface area contributed by atoms with Crippen LogP contribution in [0, 0.1) is 0 Å². The Hall–Kier alpha value is -0.0300. The zero-order chi connectivity index (χ0) is 15.2. The van der Waals surface area contributed by atoms with Gasteiger partial charge in [0.2, 0.25) is 0 Å². The highest BCUT2D eigenvalue weighted by molar-refractivity contribution is 9.10. The second-order valence-corrected chi connectivity index (χ2v) is 8.23. The molecule has 2 rings (SSSR count). The maximum atomic E-state index is 3.76. The van der Waals surface area contributed by atoms with Crippen LogP contribution in [0.15, 0.2) is 22.7 Å². The van der Waals surface area contributed by atoms with Gasteiger partial charge in [-0.1, -0.05) is 41.9 Å². The second kappa shape index (κ2) is 8.56. The lowest BCUT2D eigenvalue weighted by molar-refractivity contribution is 0.204. The Labute approximate surface area is 142 Å². The van der Waals surface area contributed by atoms with Crippen LogP contribution in [0.3, 0.4) is 0 Å². The van der Waals surface area contributed by atoms with Crippen LogP contribution in [-0.2, 0) is 13.1 Å². The van der Waals surface area contributed by atoms with Crippen molar-refractivity contribution < 1.29 is 0 Å². The van der Waals surface area contributed by atoms with Crippen LogP contribution in [0.4, 0.5) is 0 Å². The first-order chi connectivity index (χ1) is 10.1. The molecule has 0 aromatic heterocycles. The van der Waals surface area contributed by atoms with E-state index in [4.69, 9.17) is 0 Å². The van der Waals surface area contributed by atoms with Crippen molar-refractivity contribution in [1.29, 1.82) is 0 Å². The first-order valence-electron chi connectivity index (χ1n) is 7.95. The van der Waals surface area contributed by atoms with E-state index >= 15 is 0 Å². The van der Waals surface area contributed by atoms with Crippen molar-refractivity contribution >= 4 is 27.7 Å². The predicted octanol–water partition coefficient (Wildman–Crippen LogP) is 4.27. The summed E-state index contributed by atoms with van der Waals surface area (Å²) >= 11 is 5.85. The summed E-state index contributed by atoms with van der Waals surface area (Å²) in [6, 6.07) is 7.47. The molecular formula is C17H27BrN2S. The monoisotopic (exact) mass is 370 g/mol. The zero-order valence-corrected chi connectivity index (χ0v) is 15.8. The summed E-state index contributed by atoms with van der Waals surface area (Å²) in [7, 11) is 0. The third-order valence-corrected chi connectivity index (χ3v) is 6.34. The van der Waals surface area contributed by atoms with Crippen molar-refractivity contribution in [1.82, 2.24) is 10.2 Å². The van der Waals surface area contributed by atoms with Gasteiger partial charge < -0.3 is 5.32 Å². The van der Waals surface area contributed by atoms with Gasteiger partial charge in [-0.15, -0.1) is 0 Å². The van der Waals surface area contributed by atoms with E-state index in [1.165, 1.54) is 34.3 Å². The van der Waals surface area contributed by atoms with Crippen molar-refractivity contribution in [2.24, 2.45) is 0 Å². The number of thioether (sulfide) groups is 1. The standard InChI is InChI=1S/C17H27BrN2S/c1-4-7-19-11-15-5-6-16(17(18)10-15)12-20-8-9-21-14(3)13(20)2/h5-6,10,13-14,19H,4,7-9,11-12H2,1-3H3. The quantitative estimate of drug-likeness (QED) is 0.752. The molecule has 118 valence electrons. The average Bonchev–Trinajstić information content (AvgIpc) is 2.47. The van der Waals surface area contributed by atoms with Crippen LogP contribution in [0.25, 0.3) is 0 Å². The van der Waals surface area contributed by atoms with E-state index in [0.29, 0.717) is 6.04 Å². The molecule has 1 aliphatic heterocycles. The molecule has 1 aromatic rings. The lowest BCUT2D eigenvalue weighted by Gasteiger charge is -2.37. The first-order valence-corrected chi connectivity index (χ1v) is 9.79. The Morgan fingerprint density at radius 3 is 2.90 bits per heavy atom. The van der Waals surface area contributed by atoms with Crippen molar-refractivity contribution in [3.05, 3.63) is 33.8 Å². The van der Waals surface area contributed by atoms with Gasteiger partial charge in [0.05, 0.1) is 0 Å². The van der Waals surface area contributed by atoms with E-state index in [-0.39, 0.29) is 0 Å². The highest BCUT2D eigenvalue weighted by atomic mass is 79.9. The van der Waals surface area contributed by atoms with Gasteiger partial charge in [-0.2, -0.15) is 11.8 Å². The summed E-state index contributed by atoms with van der Waals surface area (Å²) < 4.78 is 1.25. The summed E-state index contributed by atoms with van der Waals surface area (Å²) in [5.41, 5.74) is 2.76. The van der Waals surface area contributed by atoms with E-state index in [9.17, 15) is 0 Å². The Kier molecular flexibility index (Phi) is 7.06. The van der Waals surface area contributed by atoms with Crippen molar-refractivity contribution in [3.8, 4) is 0 Å². The lowest BCUT2D eigenvalue weighted by atomic mass is 10.1. The first kappa shape index (κ1) is 17.3. The van der Waals surface area contributed by atoms with Gasteiger partial charge in [-0.05, 0) is 37.1 Å². The topological polar surface area (TPSA) is 15.3 Å². The SMILES string of the molecule is CCCNCc1ccc(CN2CCSC(C)C2C)c(Br)c1. The van der Waals surface area contributed by atoms with Gasteiger partial charge in [0.25, 0.3) is 0 Å². The van der Waals surface area contributed by atoms with E-state index in [1.807, 2.05) is 0 Å². The molecule has 2 unspecified atom stereocenters. The molecule has 0 radical (unpaired) electrons. The Morgan fingerprint density at radius 1 is 1.38 bits per heavy atom. The molecule has 2 nitrogen and oxygen atoms in total. The zero-order valence-electron chi connectivity index (χ0n) is 13.4. The van der Waals surface area contributed by atoms with Gasteiger partial charge in [0.1, 0.15) is 0 Å². The Bertz CT molecular complexity index is 452.